The lowest BCUT2D eigenvalue weighted by atomic mass is 10.2. The molecule has 0 aliphatic rings. The molecular weight excluding hydrogens is 340 g/mol. The summed E-state index contributed by atoms with van der Waals surface area (Å²) in [5.41, 5.74) is 2.31. The molecule has 0 aliphatic heterocycles. The highest BCUT2D eigenvalue weighted by molar-refractivity contribution is 5.96. The third-order valence-electron chi connectivity index (χ3n) is 3.68. The highest BCUT2D eigenvalue weighted by atomic mass is 16.5. The second kappa shape index (κ2) is 9.10. The first-order chi connectivity index (χ1) is 13.2. The van der Waals surface area contributed by atoms with E-state index in [-0.39, 0.29) is 12.5 Å². The van der Waals surface area contributed by atoms with Crippen LogP contribution in [0.1, 0.15) is 21.6 Å². The maximum absolute atomic E-state index is 11.9. The summed E-state index contributed by atoms with van der Waals surface area (Å²) in [5, 5.41) is 2.54. The third-order valence-corrected chi connectivity index (χ3v) is 3.68. The molecule has 0 atom stereocenters. The summed E-state index contributed by atoms with van der Waals surface area (Å²) in [6.45, 7) is -0.199. The quantitative estimate of drug-likeness (QED) is 0.540. The number of carbonyl (C=O) groups is 2. The average molecular weight is 358 g/mol. The van der Waals surface area contributed by atoms with Crippen LogP contribution in [0.2, 0.25) is 0 Å². The molecule has 1 aromatic heterocycles. The van der Waals surface area contributed by atoms with Gasteiger partial charge in [-0.15, -0.1) is 0 Å². The van der Waals surface area contributed by atoms with Gasteiger partial charge in [0.15, 0.2) is 0 Å². The first-order valence-corrected chi connectivity index (χ1v) is 8.44. The Kier molecular flexibility index (Phi) is 6.09. The van der Waals surface area contributed by atoms with E-state index in [1.807, 2.05) is 48.6 Å². The van der Waals surface area contributed by atoms with Gasteiger partial charge in [0.1, 0.15) is 12.3 Å². The van der Waals surface area contributed by atoms with Crippen LogP contribution in [-0.4, -0.2) is 23.4 Å². The van der Waals surface area contributed by atoms with E-state index >= 15 is 0 Å². The second-order valence-corrected chi connectivity index (χ2v) is 5.68. The molecule has 0 bridgehead atoms. The highest BCUT2D eigenvalue weighted by Gasteiger charge is 2.09. The van der Waals surface area contributed by atoms with Gasteiger partial charge >= 0.3 is 5.97 Å². The molecule has 0 radical (unpaired) electrons. The van der Waals surface area contributed by atoms with Crippen LogP contribution in [0.4, 0.5) is 0 Å². The number of nitrogens with one attached hydrogen (secondary N) is 1. The maximum Gasteiger partial charge on any atom is 0.330 e. The van der Waals surface area contributed by atoms with Crippen LogP contribution < -0.4 is 10.1 Å². The summed E-state index contributed by atoms with van der Waals surface area (Å²) < 4.78 is 5.23. The topological polar surface area (TPSA) is 68.3 Å². The zero-order valence-corrected chi connectivity index (χ0v) is 14.5. The number of benzene rings is 2. The first kappa shape index (κ1) is 18.1. The summed E-state index contributed by atoms with van der Waals surface area (Å²) in [4.78, 5) is 28.0. The Labute approximate surface area is 157 Å². The fourth-order valence-electron chi connectivity index (χ4n) is 2.31. The lowest BCUT2D eigenvalue weighted by Crippen LogP contribution is -2.31. The first-order valence-electron chi connectivity index (χ1n) is 8.44. The van der Waals surface area contributed by atoms with E-state index in [1.54, 1.807) is 42.6 Å². The molecule has 3 aromatic rings. The molecule has 3 rings (SSSR count). The van der Waals surface area contributed by atoms with E-state index in [1.165, 1.54) is 0 Å². The largest absolute Gasteiger partial charge is 0.425 e. The molecule has 1 amide bonds. The molecule has 5 nitrogen and oxygen atoms in total. The van der Waals surface area contributed by atoms with E-state index in [0.29, 0.717) is 11.3 Å². The van der Waals surface area contributed by atoms with Crippen molar-refractivity contribution in [2.24, 2.45) is 0 Å². The van der Waals surface area contributed by atoms with Crippen LogP contribution in [0.5, 0.6) is 5.75 Å². The minimum Gasteiger partial charge on any atom is -0.425 e. The maximum atomic E-state index is 11.9. The number of carbonyl (C=O) groups excluding carboxylic acids is 2. The van der Waals surface area contributed by atoms with Crippen molar-refractivity contribution in [2.45, 2.75) is 0 Å². The lowest BCUT2D eigenvalue weighted by Gasteiger charge is -2.06. The fourth-order valence-corrected chi connectivity index (χ4v) is 2.31. The molecule has 0 spiro atoms. The van der Waals surface area contributed by atoms with Gasteiger partial charge in [-0.3, -0.25) is 9.78 Å². The number of hydrogen-bond acceptors (Lipinski definition) is 4. The Balaban J connectivity index is 1.50. The standard InChI is InChI=1S/C22H18N2O3/c25-21(16-24-22(26)18-6-2-1-3-7-18)27-20-13-10-17(11-14-20)9-12-19-8-4-5-15-23-19/h1-15H,16H2,(H,24,26)/b12-9+. The molecule has 134 valence electrons. The van der Waals surface area contributed by atoms with Crippen molar-refractivity contribution in [3.8, 4) is 5.75 Å². The average Bonchev–Trinajstić information content (AvgIpc) is 2.73. The van der Waals surface area contributed by atoms with Gasteiger partial charge in [0.05, 0.1) is 5.69 Å². The molecule has 27 heavy (non-hydrogen) atoms. The van der Waals surface area contributed by atoms with Gasteiger partial charge in [-0.1, -0.05) is 42.5 Å². The van der Waals surface area contributed by atoms with Crippen molar-refractivity contribution >= 4 is 24.0 Å². The number of nitrogens with zero attached hydrogens (tertiary/aromatic N) is 1. The molecule has 0 fully saturated rings. The van der Waals surface area contributed by atoms with E-state index < -0.39 is 5.97 Å². The van der Waals surface area contributed by atoms with Gasteiger partial charge < -0.3 is 10.1 Å². The molecule has 2 aromatic carbocycles. The van der Waals surface area contributed by atoms with Crippen LogP contribution in [-0.2, 0) is 4.79 Å². The van der Waals surface area contributed by atoms with Crippen LogP contribution in [0.25, 0.3) is 12.2 Å². The van der Waals surface area contributed by atoms with Gasteiger partial charge in [0.25, 0.3) is 5.91 Å². The Bertz CT molecular complexity index is 921. The fraction of sp³-hybridized carbons (Fsp3) is 0.0455. The van der Waals surface area contributed by atoms with E-state index in [9.17, 15) is 9.59 Å². The number of aromatic nitrogens is 1. The van der Waals surface area contributed by atoms with Crippen molar-refractivity contribution in [1.29, 1.82) is 0 Å². The molecule has 0 saturated carbocycles. The smallest absolute Gasteiger partial charge is 0.330 e. The Morgan fingerprint density at radius 1 is 0.889 bits per heavy atom. The van der Waals surface area contributed by atoms with Crippen LogP contribution in [0.3, 0.4) is 0 Å². The number of pyridine rings is 1. The minimum absolute atomic E-state index is 0.199. The zero-order valence-electron chi connectivity index (χ0n) is 14.5. The number of rotatable bonds is 6. The third kappa shape index (κ3) is 5.64. The normalized spacial score (nSPS) is 10.5. The van der Waals surface area contributed by atoms with Gasteiger partial charge in [-0.2, -0.15) is 0 Å². The summed E-state index contributed by atoms with van der Waals surface area (Å²) in [7, 11) is 0. The van der Waals surface area contributed by atoms with E-state index in [4.69, 9.17) is 4.74 Å². The summed E-state index contributed by atoms with van der Waals surface area (Å²) >= 11 is 0. The Morgan fingerprint density at radius 3 is 2.33 bits per heavy atom. The zero-order chi connectivity index (χ0) is 18.9. The van der Waals surface area contributed by atoms with Gasteiger partial charge in [0.2, 0.25) is 0 Å². The van der Waals surface area contributed by atoms with Crippen molar-refractivity contribution in [3.63, 3.8) is 0 Å². The monoisotopic (exact) mass is 358 g/mol. The van der Waals surface area contributed by atoms with Crippen molar-refractivity contribution in [3.05, 3.63) is 95.8 Å². The van der Waals surface area contributed by atoms with E-state index in [0.717, 1.165) is 11.3 Å². The molecular formula is C22H18N2O3. The molecule has 0 aliphatic carbocycles. The van der Waals surface area contributed by atoms with E-state index in [2.05, 4.69) is 10.3 Å². The summed E-state index contributed by atoms with van der Waals surface area (Å²) in [6.07, 6.45) is 5.56. The minimum atomic E-state index is -0.531. The predicted octanol–water partition coefficient (Wildman–Crippen LogP) is 3.59. The molecule has 5 heteroatoms. The Morgan fingerprint density at radius 2 is 1.63 bits per heavy atom. The van der Waals surface area contributed by atoms with Crippen LogP contribution >= 0.6 is 0 Å². The number of amides is 1. The van der Waals surface area contributed by atoms with Crippen LogP contribution in [0, 0.1) is 0 Å². The van der Waals surface area contributed by atoms with Gasteiger partial charge in [-0.25, -0.2) is 4.79 Å². The SMILES string of the molecule is O=C(CNC(=O)c1ccccc1)Oc1ccc(/C=C/c2ccccn2)cc1. The van der Waals surface area contributed by atoms with Gasteiger partial charge in [-0.05, 0) is 48.0 Å². The van der Waals surface area contributed by atoms with Crippen molar-refractivity contribution < 1.29 is 14.3 Å². The Hall–Kier alpha value is -3.73. The molecule has 0 saturated heterocycles. The molecule has 1 N–H and O–H groups in total. The summed E-state index contributed by atoms with van der Waals surface area (Å²) in [5.74, 6) is -0.428. The number of esters is 1. The molecule has 0 unspecified atom stereocenters. The van der Waals surface area contributed by atoms with Gasteiger partial charge in [0, 0.05) is 11.8 Å². The second-order valence-electron chi connectivity index (χ2n) is 5.68. The van der Waals surface area contributed by atoms with Crippen molar-refractivity contribution in [1.82, 2.24) is 10.3 Å². The summed E-state index contributed by atoms with van der Waals surface area (Å²) in [6, 6.07) is 21.5. The highest BCUT2D eigenvalue weighted by Crippen LogP contribution is 2.14. The number of hydrogen-bond donors (Lipinski definition) is 1. The molecule has 1 heterocycles. The predicted molar refractivity (Wildman–Crippen MR) is 104 cm³/mol. The number of ether oxygens (including phenoxy) is 1. The van der Waals surface area contributed by atoms with Crippen molar-refractivity contribution in [2.75, 3.05) is 6.54 Å². The lowest BCUT2D eigenvalue weighted by molar-refractivity contribution is -0.133. The van der Waals surface area contributed by atoms with Crippen LogP contribution in [0.15, 0.2) is 79.0 Å².